The average molecular weight is 485 g/mol. The number of carbonyl (C=O) groups is 2. The van der Waals surface area contributed by atoms with Crippen molar-refractivity contribution < 1.29 is 14.3 Å². The van der Waals surface area contributed by atoms with Crippen molar-refractivity contribution in [2.75, 3.05) is 17.2 Å². The van der Waals surface area contributed by atoms with Gasteiger partial charge in [0.25, 0.3) is 0 Å². The number of urea groups is 1. The molecule has 0 aromatic carbocycles. The van der Waals surface area contributed by atoms with Crippen LogP contribution >= 0.6 is 11.6 Å². The van der Waals surface area contributed by atoms with Crippen LogP contribution in [0.15, 0.2) is 36.7 Å². The summed E-state index contributed by atoms with van der Waals surface area (Å²) in [4.78, 5) is 35.2. The highest BCUT2D eigenvalue weighted by Crippen LogP contribution is 2.27. The molecule has 0 saturated carbocycles. The van der Waals surface area contributed by atoms with Crippen molar-refractivity contribution in [1.29, 1.82) is 0 Å². The maximum Gasteiger partial charge on any atom is 0.413 e. The molecule has 1 fully saturated rings. The summed E-state index contributed by atoms with van der Waals surface area (Å²) in [7, 11) is 1.64. The highest BCUT2D eigenvalue weighted by atomic mass is 35.5. The molecule has 1 saturated heterocycles. The molecule has 178 valence electrons. The van der Waals surface area contributed by atoms with Gasteiger partial charge in [0.15, 0.2) is 11.5 Å². The van der Waals surface area contributed by atoms with Gasteiger partial charge in [0.1, 0.15) is 11.3 Å². The highest BCUT2D eigenvalue weighted by Gasteiger charge is 2.25. The van der Waals surface area contributed by atoms with Crippen molar-refractivity contribution in [3.05, 3.63) is 47.4 Å². The molecule has 0 aliphatic carbocycles. The number of nitrogens with one attached hydrogen (secondary N) is 2. The SMILES string of the molecule is C[C@@H]1CCCN1C(=O)Nc1ccc(-c2nnn(C)c2NC(=O)O[C@H](C)c2cccnc2Cl)nc1. The van der Waals surface area contributed by atoms with Crippen molar-refractivity contribution in [3.8, 4) is 11.4 Å². The molecule has 3 aromatic heterocycles. The van der Waals surface area contributed by atoms with E-state index < -0.39 is 12.2 Å². The van der Waals surface area contributed by atoms with E-state index in [9.17, 15) is 9.59 Å². The minimum absolute atomic E-state index is 0.146. The van der Waals surface area contributed by atoms with Gasteiger partial charge in [-0.05, 0) is 44.9 Å². The minimum atomic E-state index is -0.706. The van der Waals surface area contributed by atoms with Gasteiger partial charge in [0, 0.05) is 31.4 Å². The van der Waals surface area contributed by atoms with Gasteiger partial charge in [-0.3, -0.25) is 10.3 Å². The first kappa shape index (κ1) is 23.4. The van der Waals surface area contributed by atoms with Crippen molar-refractivity contribution in [2.24, 2.45) is 7.05 Å². The molecule has 3 aromatic rings. The maximum atomic E-state index is 12.5. The number of amides is 3. The predicted molar refractivity (Wildman–Crippen MR) is 126 cm³/mol. The Balaban J connectivity index is 1.43. The molecule has 34 heavy (non-hydrogen) atoms. The van der Waals surface area contributed by atoms with E-state index in [2.05, 4.69) is 30.9 Å². The second-order valence-corrected chi connectivity index (χ2v) is 8.37. The van der Waals surface area contributed by atoms with E-state index in [1.165, 1.54) is 10.9 Å². The lowest BCUT2D eigenvalue weighted by atomic mass is 10.2. The molecule has 3 amide bonds. The molecule has 0 bridgehead atoms. The second-order valence-electron chi connectivity index (χ2n) is 8.01. The molecule has 1 aliphatic heterocycles. The van der Waals surface area contributed by atoms with Crippen molar-refractivity contribution >= 4 is 35.2 Å². The zero-order valence-corrected chi connectivity index (χ0v) is 19.8. The standard InChI is InChI=1S/C22H25ClN8O3/c1-13-6-5-11-31(13)21(32)26-15-8-9-17(25-12-15)18-20(30(3)29-28-18)27-22(33)34-14(2)16-7-4-10-24-19(16)23/h4,7-10,12-14H,5-6,11H2,1-3H3,(H,26,32)(H,27,33)/t13-,14-/m1/s1. The Bertz CT molecular complexity index is 1180. The molecule has 0 spiro atoms. The van der Waals surface area contributed by atoms with Crippen molar-refractivity contribution in [1.82, 2.24) is 29.9 Å². The Labute approximate surface area is 201 Å². The number of aryl methyl sites for hydroxylation is 1. The van der Waals surface area contributed by atoms with Crippen LogP contribution in [0.2, 0.25) is 5.15 Å². The lowest BCUT2D eigenvalue weighted by Crippen LogP contribution is -2.37. The van der Waals surface area contributed by atoms with Crippen LogP contribution in [0, 0.1) is 0 Å². The fourth-order valence-corrected chi connectivity index (χ4v) is 4.03. The number of aromatic nitrogens is 5. The van der Waals surface area contributed by atoms with Crippen LogP contribution in [-0.2, 0) is 11.8 Å². The number of hydrogen-bond donors (Lipinski definition) is 2. The largest absolute Gasteiger partial charge is 0.441 e. The third-order valence-corrected chi connectivity index (χ3v) is 5.94. The third-order valence-electron chi connectivity index (χ3n) is 5.63. The number of halogens is 1. The normalized spacial score (nSPS) is 16.2. The topological polar surface area (TPSA) is 127 Å². The number of rotatable bonds is 5. The summed E-state index contributed by atoms with van der Waals surface area (Å²) in [5.74, 6) is 0.310. The third kappa shape index (κ3) is 5.09. The summed E-state index contributed by atoms with van der Waals surface area (Å²) >= 11 is 6.08. The first-order valence-electron chi connectivity index (χ1n) is 10.8. The number of hydrogen-bond acceptors (Lipinski definition) is 7. The summed E-state index contributed by atoms with van der Waals surface area (Å²) < 4.78 is 6.85. The summed E-state index contributed by atoms with van der Waals surface area (Å²) in [6.45, 7) is 4.48. The van der Waals surface area contributed by atoms with Crippen LogP contribution in [0.3, 0.4) is 0 Å². The molecule has 4 heterocycles. The lowest BCUT2D eigenvalue weighted by molar-refractivity contribution is 0.121. The molecule has 0 radical (unpaired) electrons. The molecule has 0 unspecified atom stereocenters. The molecule has 2 N–H and O–H groups in total. The van der Waals surface area contributed by atoms with Crippen LogP contribution in [0.4, 0.5) is 21.1 Å². The van der Waals surface area contributed by atoms with Gasteiger partial charge in [0.2, 0.25) is 0 Å². The quantitative estimate of drug-likeness (QED) is 0.518. The number of pyridine rings is 2. The van der Waals surface area contributed by atoms with Crippen LogP contribution in [0.1, 0.15) is 38.4 Å². The molecule has 11 nitrogen and oxygen atoms in total. The molecule has 2 atom stereocenters. The van der Waals surface area contributed by atoms with Gasteiger partial charge in [0.05, 0.1) is 17.6 Å². The van der Waals surface area contributed by atoms with E-state index in [0.29, 0.717) is 28.5 Å². The van der Waals surface area contributed by atoms with E-state index in [1.54, 1.807) is 44.4 Å². The number of nitrogens with zero attached hydrogens (tertiary/aromatic N) is 6. The maximum absolute atomic E-state index is 12.5. The van der Waals surface area contributed by atoms with E-state index in [-0.39, 0.29) is 17.2 Å². The van der Waals surface area contributed by atoms with Crippen LogP contribution in [0.25, 0.3) is 11.4 Å². The first-order chi connectivity index (χ1) is 16.3. The molecular formula is C22H25ClN8O3. The number of ether oxygens (including phenoxy) is 1. The van der Waals surface area contributed by atoms with Crippen LogP contribution in [-0.4, -0.2) is 54.6 Å². The monoisotopic (exact) mass is 484 g/mol. The van der Waals surface area contributed by atoms with E-state index >= 15 is 0 Å². The number of carbonyl (C=O) groups excluding carboxylic acids is 2. The zero-order chi connectivity index (χ0) is 24.2. The van der Waals surface area contributed by atoms with E-state index in [0.717, 1.165) is 19.4 Å². The highest BCUT2D eigenvalue weighted by molar-refractivity contribution is 6.30. The van der Waals surface area contributed by atoms with Crippen molar-refractivity contribution in [2.45, 2.75) is 38.8 Å². The average Bonchev–Trinajstić information content (AvgIpc) is 3.40. The first-order valence-corrected chi connectivity index (χ1v) is 11.2. The molecular weight excluding hydrogens is 460 g/mol. The summed E-state index contributed by atoms with van der Waals surface area (Å²) in [6, 6.07) is 6.94. The minimum Gasteiger partial charge on any atom is -0.441 e. The summed E-state index contributed by atoms with van der Waals surface area (Å²) in [5, 5.41) is 13.9. The smallest absolute Gasteiger partial charge is 0.413 e. The molecule has 12 heteroatoms. The van der Waals surface area contributed by atoms with Gasteiger partial charge >= 0.3 is 12.1 Å². The van der Waals surface area contributed by atoms with Gasteiger partial charge in [-0.25, -0.2) is 19.3 Å². The Morgan fingerprint density at radius 3 is 2.74 bits per heavy atom. The zero-order valence-electron chi connectivity index (χ0n) is 19.0. The summed E-state index contributed by atoms with van der Waals surface area (Å²) in [6.07, 6.45) is 3.78. The van der Waals surface area contributed by atoms with Crippen molar-refractivity contribution in [3.63, 3.8) is 0 Å². The molecule has 4 rings (SSSR count). The fraction of sp³-hybridized carbons (Fsp3) is 0.364. The second kappa shape index (κ2) is 10.0. The van der Waals surface area contributed by atoms with Gasteiger partial charge in [-0.1, -0.05) is 22.9 Å². The Kier molecular flexibility index (Phi) is 6.92. The molecule has 1 aliphatic rings. The van der Waals surface area contributed by atoms with Gasteiger partial charge in [-0.15, -0.1) is 5.10 Å². The predicted octanol–water partition coefficient (Wildman–Crippen LogP) is 4.25. The van der Waals surface area contributed by atoms with Crippen LogP contribution in [0.5, 0.6) is 0 Å². The van der Waals surface area contributed by atoms with Crippen LogP contribution < -0.4 is 10.6 Å². The lowest BCUT2D eigenvalue weighted by Gasteiger charge is -2.21. The number of anilines is 2. The Morgan fingerprint density at radius 1 is 1.24 bits per heavy atom. The van der Waals surface area contributed by atoms with E-state index in [4.69, 9.17) is 16.3 Å². The Hall–Kier alpha value is -3.73. The van der Waals surface area contributed by atoms with E-state index in [1.807, 2.05) is 11.8 Å². The van der Waals surface area contributed by atoms with Gasteiger partial charge < -0.3 is 15.0 Å². The number of likely N-dealkylation sites (tertiary alicyclic amines) is 1. The summed E-state index contributed by atoms with van der Waals surface area (Å²) in [5.41, 5.74) is 1.98. The Morgan fingerprint density at radius 2 is 2.06 bits per heavy atom. The van der Waals surface area contributed by atoms with Gasteiger partial charge in [-0.2, -0.15) is 0 Å². The fourth-order valence-electron chi connectivity index (χ4n) is 3.76.